The van der Waals surface area contributed by atoms with E-state index in [1.165, 1.54) is 12.5 Å². The highest BCUT2D eigenvalue weighted by atomic mass is 16.1. The molecule has 0 aliphatic carbocycles. The van der Waals surface area contributed by atoms with Crippen molar-refractivity contribution in [3.8, 4) is 11.3 Å². The molecule has 0 saturated carbocycles. The monoisotopic (exact) mass is 214 g/mol. The molecular formula is C13H14N2O. The number of imidazole rings is 1. The van der Waals surface area contributed by atoms with Crippen LogP contribution in [0, 0.1) is 13.8 Å². The minimum atomic E-state index is -0.0398. The molecule has 3 heteroatoms. The average Bonchev–Trinajstić information content (AvgIpc) is 2.60. The van der Waals surface area contributed by atoms with Gasteiger partial charge in [0.15, 0.2) is 11.6 Å². The maximum atomic E-state index is 11.2. The first-order chi connectivity index (χ1) is 7.58. The molecule has 0 atom stereocenters. The first kappa shape index (κ1) is 10.6. The molecule has 0 saturated heterocycles. The molecule has 0 aliphatic heterocycles. The van der Waals surface area contributed by atoms with Gasteiger partial charge in [-0.1, -0.05) is 23.8 Å². The van der Waals surface area contributed by atoms with Crippen molar-refractivity contribution in [2.75, 3.05) is 0 Å². The van der Waals surface area contributed by atoms with Gasteiger partial charge in [0.1, 0.15) is 0 Å². The van der Waals surface area contributed by atoms with Crippen LogP contribution in [0.15, 0.2) is 24.3 Å². The van der Waals surface area contributed by atoms with Crippen LogP contribution in [0.1, 0.15) is 28.8 Å². The number of aromatic nitrogens is 2. The lowest BCUT2D eigenvalue weighted by atomic mass is 10.1. The van der Waals surface area contributed by atoms with Crippen molar-refractivity contribution < 1.29 is 4.79 Å². The van der Waals surface area contributed by atoms with E-state index < -0.39 is 0 Å². The van der Waals surface area contributed by atoms with Crippen molar-refractivity contribution in [1.82, 2.24) is 9.97 Å². The van der Waals surface area contributed by atoms with Crippen LogP contribution < -0.4 is 0 Å². The molecule has 0 spiro atoms. The van der Waals surface area contributed by atoms with Crippen molar-refractivity contribution in [2.24, 2.45) is 0 Å². The van der Waals surface area contributed by atoms with E-state index in [2.05, 4.69) is 16.0 Å². The average molecular weight is 214 g/mol. The van der Waals surface area contributed by atoms with Crippen molar-refractivity contribution in [3.63, 3.8) is 0 Å². The maximum absolute atomic E-state index is 11.2. The van der Waals surface area contributed by atoms with E-state index >= 15 is 0 Å². The van der Waals surface area contributed by atoms with E-state index in [9.17, 15) is 4.79 Å². The Bertz CT molecular complexity index is 541. The molecule has 3 nitrogen and oxygen atoms in total. The van der Waals surface area contributed by atoms with Crippen molar-refractivity contribution >= 4 is 5.78 Å². The Morgan fingerprint density at radius 2 is 2.06 bits per heavy atom. The fourth-order valence-electron chi connectivity index (χ4n) is 1.70. The molecule has 1 aromatic carbocycles. The van der Waals surface area contributed by atoms with Crippen molar-refractivity contribution in [3.05, 3.63) is 41.3 Å². The fraction of sp³-hybridized carbons (Fsp3) is 0.231. The zero-order valence-electron chi connectivity index (χ0n) is 9.66. The number of aryl methyl sites for hydroxylation is 2. The summed E-state index contributed by atoms with van der Waals surface area (Å²) >= 11 is 0. The number of nitrogens with zero attached hydrogens (tertiary/aromatic N) is 1. The lowest BCUT2D eigenvalue weighted by molar-refractivity contribution is 0.100. The van der Waals surface area contributed by atoms with Crippen LogP contribution in [0.4, 0.5) is 0 Å². The van der Waals surface area contributed by atoms with Gasteiger partial charge >= 0.3 is 0 Å². The van der Waals surface area contributed by atoms with Crippen LogP contribution in [0.25, 0.3) is 11.3 Å². The van der Waals surface area contributed by atoms with Crippen LogP contribution >= 0.6 is 0 Å². The molecule has 0 amide bonds. The maximum Gasteiger partial charge on any atom is 0.195 e. The predicted molar refractivity (Wildman–Crippen MR) is 63.5 cm³/mol. The third-order valence-electron chi connectivity index (χ3n) is 2.51. The number of hydrogen-bond acceptors (Lipinski definition) is 2. The van der Waals surface area contributed by atoms with Gasteiger partial charge in [0.2, 0.25) is 0 Å². The number of carbonyl (C=O) groups excluding carboxylic acids is 1. The number of benzene rings is 1. The molecule has 0 fully saturated rings. The molecule has 82 valence electrons. The first-order valence-electron chi connectivity index (χ1n) is 5.22. The number of Topliss-reactive ketones (excluding diaryl/α,β-unsaturated/α-hetero) is 1. The lowest BCUT2D eigenvalue weighted by Crippen LogP contribution is -1.94. The van der Waals surface area contributed by atoms with Crippen LogP contribution in [-0.4, -0.2) is 15.8 Å². The molecule has 2 aromatic rings. The van der Waals surface area contributed by atoms with Crippen LogP contribution in [0.2, 0.25) is 0 Å². The molecule has 0 radical (unpaired) electrons. The minimum Gasteiger partial charge on any atom is -0.339 e. The molecule has 2 rings (SSSR count). The summed E-state index contributed by atoms with van der Waals surface area (Å²) in [5.41, 5.74) is 4.01. The zero-order valence-corrected chi connectivity index (χ0v) is 9.66. The highest BCUT2D eigenvalue weighted by molar-refractivity contribution is 5.91. The van der Waals surface area contributed by atoms with E-state index in [0.717, 1.165) is 17.0 Å². The summed E-state index contributed by atoms with van der Waals surface area (Å²) in [4.78, 5) is 18.5. The van der Waals surface area contributed by atoms with Gasteiger partial charge in [0.05, 0.1) is 5.69 Å². The Balaban J connectivity index is 2.52. The third-order valence-corrected chi connectivity index (χ3v) is 2.51. The normalized spacial score (nSPS) is 10.4. The highest BCUT2D eigenvalue weighted by Crippen LogP contribution is 2.22. The molecule has 1 heterocycles. The summed E-state index contributed by atoms with van der Waals surface area (Å²) < 4.78 is 0. The molecule has 0 aliphatic rings. The quantitative estimate of drug-likeness (QED) is 0.781. The van der Waals surface area contributed by atoms with Crippen molar-refractivity contribution in [1.29, 1.82) is 0 Å². The predicted octanol–water partition coefficient (Wildman–Crippen LogP) is 2.90. The number of nitrogens with one attached hydrogen (secondary N) is 1. The Morgan fingerprint density at radius 1 is 1.31 bits per heavy atom. The number of carbonyl (C=O) groups is 1. The minimum absolute atomic E-state index is 0.0398. The van der Waals surface area contributed by atoms with Gasteiger partial charge in [-0.2, -0.15) is 0 Å². The van der Waals surface area contributed by atoms with Gasteiger partial charge in [-0.05, 0) is 19.9 Å². The highest BCUT2D eigenvalue weighted by Gasteiger charge is 2.11. The zero-order chi connectivity index (χ0) is 11.7. The van der Waals surface area contributed by atoms with Gasteiger partial charge < -0.3 is 4.98 Å². The van der Waals surface area contributed by atoms with Gasteiger partial charge in [-0.15, -0.1) is 0 Å². The summed E-state index contributed by atoms with van der Waals surface area (Å²) in [5.74, 6) is 0.385. The number of hydrogen-bond donors (Lipinski definition) is 1. The Morgan fingerprint density at radius 3 is 2.62 bits per heavy atom. The van der Waals surface area contributed by atoms with Crippen LogP contribution in [0.5, 0.6) is 0 Å². The molecule has 16 heavy (non-hydrogen) atoms. The number of aromatic amines is 1. The Labute approximate surface area is 94.5 Å². The van der Waals surface area contributed by atoms with Gasteiger partial charge in [0, 0.05) is 18.2 Å². The standard InChI is InChI=1S/C13H14N2O/c1-8-5-4-6-11(7-8)12-9(2)14-13(15-12)10(3)16/h4-7H,1-3H3,(H,14,15). The van der Waals surface area contributed by atoms with Crippen LogP contribution in [-0.2, 0) is 0 Å². The van der Waals surface area contributed by atoms with Gasteiger partial charge in [-0.25, -0.2) is 4.98 Å². The first-order valence-corrected chi connectivity index (χ1v) is 5.22. The van der Waals surface area contributed by atoms with Gasteiger partial charge in [-0.3, -0.25) is 4.79 Å². The summed E-state index contributed by atoms with van der Waals surface area (Å²) in [5, 5.41) is 0. The van der Waals surface area contributed by atoms with E-state index in [0.29, 0.717) is 5.82 Å². The van der Waals surface area contributed by atoms with Crippen LogP contribution in [0.3, 0.4) is 0 Å². The van der Waals surface area contributed by atoms with Gasteiger partial charge in [0.25, 0.3) is 0 Å². The van der Waals surface area contributed by atoms with E-state index in [-0.39, 0.29) is 5.78 Å². The molecule has 0 unspecified atom stereocenters. The molecular weight excluding hydrogens is 200 g/mol. The SMILES string of the molecule is CC(=O)c1nc(-c2cccc(C)c2)c(C)[nH]1. The second-order valence-electron chi connectivity index (χ2n) is 3.98. The largest absolute Gasteiger partial charge is 0.339 e. The number of rotatable bonds is 2. The second kappa shape index (κ2) is 3.93. The molecule has 1 N–H and O–H groups in total. The second-order valence-corrected chi connectivity index (χ2v) is 3.98. The molecule has 0 bridgehead atoms. The van der Waals surface area contributed by atoms with E-state index in [4.69, 9.17) is 0 Å². The van der Waals surface area contributed by atoms with E-state index in [1.807, 2.05) is 32.0 Å². The molecule has 1 aromatic heterocycles. The lowest BCUT2D eigenvalue weighted by Gasteiger charge is -1.99. The fourth-order valence-corrected chi connectivity index (χ4v) is 1.70. The van der Waals surface area contributed by atoms with Crippen molar-refractivity contribution in [2.45, 2.75) is 20.8 Å². The Kier molecular flexibility index (Phi) is 2.60. The smallest absolute Gasteiger partial charge is 0.195 e. The summed E-state index contributed by atoms with van der Waals surface area (Å²) in [6.07, 6.45) is 0. The Hall–Kier alpha value is -1.90. The third kappa shape index (κ3) is 1.89. The number of H-pyrrole nitrogens is 1. The van der Waals surface area contributed by atoms with E-state index in [1.54, 1.807) is 0 Å². The summed E-state index contributed by atoms with van der Waals surface area (Å²) in [6.45, 7) is 5.48. The summed E-state index contributed by atoms with van der Waals surface area (Å²) in [7, 11) is 0. The number of ketones is 1. The summed E-state index contributed by atoms with van der Waals surface area (Å²) in [6, 6.07) is 8.09. The topological polar surface area (TPSA) is 45.8 Å².